The molecular weight excluding hydrogens is 364 g/mol. The van der Waals surface area contributed by atoms with E-state index < -0.39 is 0 Å². The first kappa shape index (κ1) is 19.4. The Morgan fingerprint density at radius 1 is 1.37 bits per heavy atom. The third kappa shape index (κ3) is 4.88. The van der Waals surface area contributed by atoms with Gasteiger partial charge in [0, 0.05) is 24.5 Å². The second kappa shape index (κ2) is 8.56. The fraction of sp³-hybridized carbons (Fsp3) is 0.526. The lowest BCUT2D eigenvalue weighted by Crippen LogP contribution is -2.49. The number of rotatable bonds is 5. The molecule has 1 atom stereocenters. The van der Waals surface area contributed by atoms with Crippen LogP contribution in [0.15, 0.2) is 21.9 Å². The molecule has 0 radical (unpaired) electrons. The number of likely N-dealkylation sites (tertiary alicyclic amines) is 1. The zero-order valence-electron chi connectivity index (χ0n) is 15.9. The Morgan fingerprint density at radius 3 is 2.70 bits per heavy atom. The Morgan fingerprint density at radius 2 is 2.11 bits per heavy atom. The Labute approximate surface area is 163 Å². The minimum atomic E-state index is -0.199. The molecule has 2 N–H and O–H groups in total. The summed E-state index contributed by atoms with van der Waals surface area (Å²) in [6, 6.07) is 3.30. The van der Waals surface area contributed by atoms with E-state index in [0.717, 1.165) is 30.0 Å². The van der Waals surface area contributed by atoms with Crippen molar-refractivity contribution in [3.8, 4) is 0 Å². The first-order valence-corrected chi connectivity index (χ1v) is 10.2. The van der Waals surface area contributed by atoms with Gasteiger partial charge in [-0.1, -0.05) is 6.92 Å². The number of aromatic nitrogens is 1. The van der Waals surface area contributed by atoms with Crippen molar-refractivity contribution in [3.63, 3.8) is 0 Å². The fourth-order valence-corrected chi connectivity index (χ4v) is 3.92. The van der Waals surface area contributed by atoms with Crippen LogP contribution in [0.3, 0.4) is 0 Å². The summed E-state index contributed by atoms with van der Waals surface area (Å²) in [6.45, 7) is 7.05. The number of urea groups is 1. The lowest BCUT2D eigenvalue weighted by molar-refractivity contribution is 0.0888. The van der Waals surface area contributed by atoms with Crippen molar-refractivity contribution >= 4 is 23.3 Å². The van der Waals surface area contributed by atoms with Crippen LogP contribution in [0.2, 0.25) is 0 Å². The average Bonchev–Trinajstić information content (AvgIpc) is 3.31. The van der Waals surface area contributed by atoms with E-state index in [9.17, 15) is 9.59 Å². The van der Waals surface area contributed by atoms with E-state index in [1.54, 1.807) is 28.4 Å². The van der Waals surface area contributed by atoms with Crippen LogP contribution in [-0.4, -0.2) is 41.0 Å². The van der Waals surface area contributed by atoms with E-state index in [2.05, 4.69) is 22.5 Å². The molecule has 3 heterocycles. The van der Waals surface area contributed by atoms with E-state index in [1.807, 2.05) is 19.2 Å². The maximum Gasteiger partial charge on any atom is 0.317 e. The van der Waals surface area contributed by atoms with Crippen molar-refractivity contribution < 1.29 is 14.0 Å². The van der Waals surface area contributed by atoms with Gasteiger partial charge in [0.05, 0.1) is 16.7 Å². The van der Waals surface area contributed by atoms with E-state index >= 15 is 0 Å². The molecule has 3 rings (SSSR count). The summed E-state index contributed by atoms with van der Waals surface area (Å²) < 4.78 is 5.35. The molecule has 0 spiro atoms. The summed E-state index contributed by atoms with van der Waals surface area (Å²) in [4.78, 5) is 31.0. The molecule has 0 unspecified atom stereocenters. The van der Waals surface area contributed by atoms with Crippen molar-refractivity contribution in [2.24, 2.45) is 0 Å². The summed E-state index contributed by atoms with van der Waals surface area (Å²) in [5.74, 6) is 0.845. The van der Waals surface area contributed by atoms with E-state index in [0.29, 0.717) is 24.6 Å². The molecule has 2 aromatic heterocycles. The van der Waals surface area contributed by atoms with Crippen LogP contribution in [-0.2, 0) is 6.42 Å². The quantitative estimate of drug-likeness (QED) is 0.820. The zero-order chi connectivity index (χ0) is 19.4. The van der Waals surface area contributed by atoms with Crippen LogP contribution in [0.1, 0.15) is 59.7 Å². The van der Waals surface area contributed by atoms with Crippen LogP contribution in [0, 0.1) is 6.92 Å². The van der Waals surface area contributed by atoms with Crippen molar-refractivity contribution in [3.05, 3.63) is 39.7 Å². The summed E-state index contributed by atoms with van der Waals surface area (Å²) in [6.07, 6.45) is 2.36. The van der Waals surface area contributed by atoms with Gasteiger partial charge in [0.2, 0.25) is 0 Å². The highest BCUT2D eigenvalue weighted by Gasteiger charge is 2.26. The molecule has 1 aliphatic rings. The third-order valence-corrected chi connectivity index (χ3v) is 5.75. The smallest absolute Gasteiger partial charge is 0.317 e. The largest absolute Gasteiger partial charge is 0.456 e. The fourth-order valence-electron chi connectivity index (χ4n) is 3.08. The molecule has 7 nitrogen and oxygen atoms in total. The highest BCUT2D eigenvalue weighted by Crippen LogP contribution is 2.18. The second-order valence-electron chi connectivity index (χ2n) is 6.84. The van der Waals surface area contributed by atoms with Gasteiger partial charge in [-0.25, -0.2) is 9.78 Å². The van der Waals surface area contributed by atoms with Gasteiger partial charge in [0.1, 0.15) is 5.76 Å². The van der Waals surface area contributed by atoms with E-state index in [1.165, 1.54) is 0 Å². The number of thiazole rings is 1. The normalized spacial score (nSPS) is 16.2. The summed E-state index contributed by atoms with van der Waals surface area (Å²) in [7, 11) is 0. The highest BCUT2D eigenvalue weighted by molar-refractivity contribution is 7.09. The average molecular weight is 391 g/mol. The van der Waals surface area contributed by atoms with Crippen molar-refractivity contribution in [2.75, 3.05) is 13.1 Å². The van der Waals surface area contributed by atoms with E-state index in [-0.39, 0.29) is 24.0 Å². The van der Waals surface area contributed by atoms with E-state index in [4.69, 9.17) is 4.42 Å². The number of nitrogens with one attached hydrogen (secondary N) is 2. The molecule has 8 heteroatoms. The molecule has 0 bridgehead atoms. The predicted octanol–water partition coefficient (Wildman–Crippen LogP) is 3.27. The van der Waals surface area contributed by atoms with Gasteiger partial charge in [0.15, 0.2) is 5.76 Å². The van der Waals surface area contributed by atoms with Gasteiger partial charge in [-0.15, -0.1) is 11.3 Å². The number of amides is 3. The lowest BCUT2D eigenvalue weighted by Gasteiger charge is -2.33. The SMILES string of the molecule is CCc1nc([C@H](C)NC(=O)N2CCC(NC(=O)c3ccc(C)o3)CC2)cs1. The van der Waals surface area contributed by atoms with Gasteiger partial charge >= 0.3 is 6.03 Å². The molecular formula is C19H26N4O3S. The Kier molecular flexibility index (Phi) is 6.15. The number of hydrogen-bond donors (Lipinski definition) is 2. The van der Waals surface area contributed by atoms with Gasteiger partial charge in [-0.05, 0) is 45.2 Å². The maximum atomic E-state index is 12.5. The van der Waals surface area contributed by atoms with Crippen LogP contribution >= 0.6 is 11.3 Å². The number of hydrogen-bond acceptors (Lipinski definition) is 5. The number of carbonyl (C=O) groups is 2. The van der Waals surface area contributed by atoms with Crippen molar-refractivity contribution in [1.82, 2.24) is 20.5 Å². The third-order valence-electron chi connectivity index (χ3n) is 4.74. The molecule has 0 saturated carbocycles. The molecule has 1 aliphatic heterocycles. The number of nitrogens with zero attached hydrogens (tertiary/aromatic N) is 2. The van der Waals surface area contributed by atoms with Gasteiger partial charge in [-0.2, -0.15) is 0 Å². The standard InChI is InChI=1S/C19H26N4O3S/c1-4-17-22-15(11-27-17)13(3)20-19(25)23-9-7-14(8-10-23)21-18(24)16-6-5-12(2)26-16/h5-6,11,13-14H,4,7-10H2,1-3H3,(H,20,25)(H,21,24)/t13-/m0/s1. The lowest BCUT2D eigenvalue weighted by atomic mass is 10.1. The number of carbonyl (C=O) groups excluding carboxylic acids is 2. The van der Waals surface area contributed by atoms with Gasteiger partial charge in [0.25, 0.3) is 5.91 Å². The summed E-state index contributed by atoms with van der Waals surface area (Å²) in [5, 5.41) is 9.08. The number of aryl methyl sites for hydroxylation is 2. The predicted molar refractivity (Wildman–Crippen MR) is 104 cm³/mol. The van der Waals surface area contributed by atoms with Gasteiger partial charge < -0.3 is 20.0 Å². The number of furan rings is 1. The molecule has 1 saturated heterocycles. The van der Waals surface area contributed by atoms with Crippen LogP contribution in [0.4, 0.5) is 4.79 Å². The topological polar surface area (TPSA) is 87.5 Å². The molecule has 146 valence electrons. The molecule has 3 amide bonds. The summed E-state index contributed by atoms with van der Waals surface area (Å²) in [5.41, 5.74) is 0.904. The minimum absolute atomic E-state index is 0.0510. The highest BCUT2D eigenvalue weighted by atomic mass is 32.1. The minimum Gasteiger partial charge on any atom is -0.456 e. The molecule has 0 aromatic carbocycles. The van der Waals surface area contributed by atoms with Crippen LogP contribution in [0.5, 0.6) is 0 Å². The van der Waals surface area contributed by atoms with Crippen LogP contribution < -0.4 is 10.6 Å². The first-order valence-electron chi connectivity index (χ1n) is 9.33. The molecule has 0 aliphatic carbocycles. The monoisotopic (exact) mass is 390 g/mol. The van der Waals surface area contributed by atoms with Crippen molar-refractivity contribution in [1.29, 1.82) is 0 Å². The Balaban J connectivity index is 1.45. The Bertz CT molecular complexity index is 792. The maximum absolute atomic E-state index is 12.5. The molecule has 2 aromatic rings. The molecule has 27 heavy (non-hydrogen) atoms. The summed E-state index contributed by atoms with van der Waals surface area (Å²) >= 11 is 1.62. The molecule has 1 fully saturated rings. The van der Waals surface area contributed by atoms with Crippen molar-refractivity contribution in [2.45, 2.75) is 52.1 Å². The second-order valence-corrected chi connectivity index (χ2v) is 7.78. The first-order chi connectivity index (χ1) is 13.0. The number of piperidine rings is 1. The van der Waals surface area contributed by atoms with Gasteiger partial charge in [-0.3, -0.25) is 4.79 Å². The van der Waals surface area contributed by atoms with Crippen LogP contribution in [0.25, 0.3) is 0 Å². The Hall–Kier alpha value is -2.35. The zero-order valence-corrected chi connectivity index (χ0v) is 16.8.